The topological polar surface area (TPSA) is 85.8 Å². The average molecular weight is 349 g/mol. The van der Waals surface area contributed by atoms with Crippen molar-refractivity contribution >= 4 is 17.7 Å². The summed E-state index contributed by atoms with van der Waals surface area (Å²) in [7, 11) is 0. The second kappa shape index (κ2) is 7.21. The van der Waals surface area contributed by atoms with Crippen molar-refractivity contribution < 1.29 is 9.18 Å². The highest BCUT2D eigenvalue weighted by atomic mass is 32.2. The molecule has 3 N–H and O–H groups in total. The fourth-order valence-corrected chi connectivity index (χ4v) is 3.53. The smallest absolute Gasteiger partial charge is 0.233 e. The van der Waals surface area contributed by atoms with E-state index in [-0.39, 0.29) is 23.0 Å². The Bertz CT molecular complexity index is 712. The molecule has 1 aromatic heterocycles. The standard InChI is InChI=1S/C16H20FN5OS/c1-10(15(23)19-13-4-2-3-5-13)24-16-21-20-14(22(16)18)11-6-8-12(17)9-7-11/h6-10,13H,2-5,18H2,1H3,(H,19,23)/t10-/m1/s1. The van der Waals surface area contributed by atoms with Crippen molar-refractivity contribution in [1.29, 1.82) is 0 Å². The first-order valence-corrected chi connectivity index (χ1v) is 8.86. The molecule has 128 valence electrons. The zero-order chi connectivity index (χ0) is 17.1. The van der Waals surface area contributed by atoms with Crippen LogP contribution in [-0.2, 0) is 4.79 Å². The number of carbonyl (C=O) groups excluding carboxylic acids is 1. The van der Waals surface area contributed by atoms with Crippen LogP contribution in [0.5, 0.6) is 0 Å². The minimum absolute atomic E-state index is 0.0155. The summed E-state index contributed by atoms with van der Waals surface area (Å²) < 4.78 is 14.3. The number of thioether (sulfide) groups is 1. The van der Waals surface area contributed by atoms with Gasteiger partial charge in [0, 0.05) is 11.6 Å². The molecule has 3 rings (SSSR count). The number of halogens is 1. The molecule has 0 radical (unpaired) electrons. The predicted molar refractivity (Wildman–Crippen MR) is 91.3 cm³/mol. The molecule has 1 aromatic carbocycles. The Morgan fingerprint density at radius 2 is 2.00 bits per heavy atom. The Morgan fingerprint density at radius 1 is 1.33 bits per heavy atom. The van der Waals surface area contributed by atoms with E-state index in [1.165, 1.54) is 41.4 Å². The Hall–Kier alpha value is -2.09. The molecule has 0 unspecified atom stereocenters. The highest BCUT2D eigenvalue weighted by Crippen LogP contribution is 2.25. The van der Waals surface area contributed by atoms with Crippen LogP contribution in [0.4, 0.5) is 4.39 Å². The molecule has 1 atom stereocenters. The summed E-state index contributed by atoms with van der Waals surface area (Å²) in [4.78, 5) is 12.3. The Morgan fingerprint density at radius 3 is 2.67 bits per heavy atom. The van der Waals surface area contributed by atoms with Crippen LogP contribution < -0.4 is 11.2 Å². The maximum atomic E-state index is 13.0. The third-order valence-corrected chi connectivity index (χ3v) is 5.18. The molecule has 6 nitrogen and oxygen atoms in total. The van der Waals surface area contributed by atoms with Crippen molar-refractivity contribution in [3.05, 3.63) is 30.1 Å². The number of nitrogens with one attached hydrogen (secondary N) is 1. The molecule has 1 heterocycles. The summed E-state index contributed by atoms with van der Waals surface area (Å²) in [6.45, 7) is 1.82. The zero-order valence-corrected chi connectivity index (χ0v) is 14.2. The van der Waals surface area contributed by atoms with Crippen LogP contribution in [0.15, 0.2) is 29.4 Å². The largest absolute Gasteiger partial charge is 0.352 e. The van der Waals surface area contributed by atoms with E-state index >= 15 is 0 Å². The molecule has 0 bridgehead atoms. The number of nitrogens with two attached hydrogens (primary N) is 1. The first kappa shape index (κ1) is 16.8. The predicted octanol–water partition coefficient (Wildman–Crippen LogP) is 2.34. The number of rotatable bonds is 5. The van der Waals surface area contributed by atoms with Crippen molar-refractivity contribution in [2.24, 2.45) is 0 Å². The third-order valence-electron chi connectivity index (χ3n) is 4.12. The van der Waals surface area contributed by atoms with Crippen molar-refractivity contribution in [2.45, 2.75) is 49.1 Å². The maximum absolute atomic E-state index is 13.0. The maximum Gasteiger partial charge on any atom is 0.233 e. The molecule has 24 heavy (non-hydrogen) atoms. The Labute approximate surface area is 144 Å². The lowest BCUT2D eigenvalue weighted by Gasteiger charge is -2.15. The molecule has 0 spiro atoms. The summed E-state index contributed by atoms with van der Waals surface area (Å²) in [5.74, 6) is 6.12. The second-order valence-corrected chi connectivity index (χ2v) is 7.24. The van der Waals surface area contributed by atoms with E-state index in [1.807, 2.05) is 6.92 Å². The van der Waals surface area contributed by atoms with Gasteiger partial charge in [0.25, 0.3) is 0 Å². The van der Waals surface area contributed by atoms with E-state index in [9.17, 15) is 9.18 Å². The van der Waals surface area contributed by atoms with Crippen molar-refractivity contribution in [2.75, 3.05) is 5.84 Å². The van der Waals surface area contributed by atoms with Gasteiger partial charge in [0.05, 0.1) is 5.25 Å². The van der Waals surface area contributed by atoms with Crippen LogP contribution >= 0.6 is 11.8 Å². The quantitative estimate of drug-likeness (QED) is 0.639. The van der Waals surface area contributed by atoms with Gasteiger partial charge in [-0.1, -0.05) is 24.6 Å². The first-order chi connectivity index (χ1) is 11.5. The van der Waals surface area contributed by atoms with E-state index in [0.29, 0.717) is 16.5 Å². The molecule has 0 saturated heterocycles. The molecule has 1 fully saturated rings. The van der Waals surface area contributed by atoms with Gasteiger partial charge in [-0.05, 0) is 44.0 Å². The van der Waals surface area contributed by atoms with Crippen molar-refractivity contribution in [3.63, 3.8) is 0 Å². The lowest BCUT2D eigenvalue weighted by Crippen LogP contribution is -2.37. The van der Waals surface area contributed by atoms with Crippen LogP contribution in [0.25, 0.3) is 11.4 Å². The van der Waals surface area contributed by atoms with Gasteiger partial charge >= 0.3 is 0 Å². The van der Waals surface area contributed by atoms with Gasteiger partial charge in [0.1, 0.15) is 5.82 Å². The molecular weight excluding hydrogens is 329 g/mol. The van der Waals surface area contributed by atoms with Crippen LogP contribution in [0.3, 0.4) is 0 Å². The van der Waals surface area contributed by atoms with Crippen molar-refractivity contribution in [1.82, 2.24) is 20.2 Å². The van der Waals surface area contributed by atoms with Gasteiger partial charge in [0.15, 0.2) is 5.82 Å². The van der Waals surface area contributed by atoms with Crippen LogP contribution in [0.1, 0.15) is 32.6 Å². The average Bonchev–Trinajstić information content (AvgIpc) is 3.19. The van der Waals surface area contributed by atoms with Crippen LogP contribution in [0, 0.1) is 5.82 Å². The number of hydrogen-bond donors (Lipinski definition) is 2. The number of hydrogen-bond acceptors (Lipinski definition) is 5. The number of benzene rings is 1. The number of amides is 1. The number of carbonyl (C=O) groups is 1. The molecule has 2 aromatic rings. The highest BCUT2D eigenvalue weighted by molar-refractivity contribution is 8.00. The number of aromatic nitrogens is 3. The SMILES string of the molecule is C[C@@H](Sc1nnc(-c2ccc(F)cc2)n1N)C(=O)NC1CCCC1. The number of nitrogen functional groups attached to an aromatic ring is 1. The molecule has 0 aliphatic heterocycles. The Balaban J connectivity index is 1.66. The molecule has 1 aliphatic rings. The second-order valence-electron chi connectivity index (χ2n) is 5.93. The fraction of sp³-hybridized carbons (Fsp3) is 0.438. The fourth-order valence-electron chi connectivity index (χ4n) is 2.75. The molecule has 1 saturated carbocycles. The van der Waals surface area contributed by atoms with Crippen molar-refractivity contribution in [3.8, 4) is 11.4 Å². The van der Waals surface area contributed by atoms with Gasteiger partial charge in [-0.25, -0.2) is 9.07 Å². The number of nitrogens with zero attached hydrogens (tertiary/aromatic N) is 3. The summed E-state index contributed by atoms with van der Waals surface area (Å²) in [6, 6.07) is 6.15. The normalized spacial score (nSPS) is 16.2. The van der Waals surface area contributed by atoms with E-state index in [1.54, 1.807) is 12.1 Å². The van der Waals surface area contributed by atoms with E-state index in [0.717, 1.165) is 12.8 Å². The molecule has 1 aliphatic carbocycles. The lowest BCUT2D eigenvalue weighted by molar-refractivity contribution is -0.120. The minimum Gasteiger partial charge on any atom is -0.352 e. The summed E-state index contributed by atoms with van der Waals surface area (Å²) in [6.07, 6.45) is 4.44. The summed E-state index contributed by atoms with van der Waals surface area (Å²) >= 11 is 1.26. The van der Waals surface area contributed by atoms with E-state index < -0.39 is 0 Å². The Kier molecular flexibility index (Phi) is 5.03. The van der Waals surface area contributed by atoms with E-state index in [2.05, 4.69) is 15.5 Å². The van der Waals surface area contributed by atoms with Gasteiger partial charge in [-0.15, -0.1) is 10.2 Å². The van der Waals surface area contributed by atoms with Gasteiger partial charge in [-0.3, -0.25) is 4.79 Å². The van der Waals surface area contributed by atoms with Gasteiger partial charge in [-0.2, -0.15) is 0 Å². The van der Waals surface area contributed by atoms with Crippen LogP contribution in [0.2, 0.25) is 0 Å². The summed E-state index contributed by atoms with van der Waals surface area (Å²) in [5, 5.41) is 11.3. The lowest BCUT2D eigenvalue weighted by atomic mass is 10.2. The monoisotopic (exact) mass is 349 g/mol. The molecule has 8 heteroatoms. The highest BCUT2D eigenvalue weighted by Gasteiger charge is 2.23. The minimum atomic E-state index is -0.325. The van der Waals surface area contributed by atoms with Gasteiger partial charge < -0.3 is 11.2 Å². The molecule has 1 amide bonds. The summed E-state index contributed by atoms with van der Waals surface area (Å²) in [5.41, 5.74) is 0.668. The van der Waals surface area contributed by atoms with Crippen LogP contribution in [-0.4, -0.2) is 32.1 Å². The van der Waals surface area contributed by atoms with Gasteiger partial charge in [0.2, 0.25) is 11.1 Å². The van der Waals surface area contributed by atoms with E-state index in [4.69, 9.17) is 5.84 Å². The zero-order valence-electron chi connectivity index (χ0n) is 13.4. The first-order valence-electron chi connectivity index (χ1n) is 7.98. The third kappa shape index (κ3) is 3.69. The molecular formula is C16H20FN5OS.